The Kier molecular flexibility index (Phi) is 4.73. The van der Waals surface area contributed by atoms with Gasteiger partial charge in [-0.25, -0.2) is 4.39 Å². The first-order valence-electron chi connectivity index (χ1n) is 7.99. The second-order valence-corrected chi connectivity index (χ2v) is 7.73. The summed E-state index contributed by atoms with van der Waals surface area (Å²) in [5.41, 5.74) is -0.221. The number of furan rings is 1. The Morgan fingerprint density at radius 3 is 2.71 bits per heavy atom. The van der Waals surface area contributed by atoms with Crippen LogP contribution in [0.5, 0.6) is 0 Å². The van der Waals surface area contributed by atoms with Gasteiger partial charge in [0, 0.05) is 5.56 Å². The molecule has 1 aliphatic heterocycles. The van der Waals surface area contributed by atoms with Gasteiger partial charge in [-0.3, -0.25) is 14.5 Å². The van der Waals surface area contributed by atoms with Crippen molar-refractivity contribution in [3.8, 4) is 0 Å². The van der Waals surface area contributed by atoms with Crippen molar-refractivity contribution in [2.75, 3.05) is 11.2 Å². The molecule has 4 rings (SSSR count). The lowest BCUT2D eigenvalue weighted by Gasteiger charge is -2.24. The smallest absolute Gasteiger partial charge is 0.296 e. The first-order valence-corrected chi connectivity index (χ1v) is 10.0. The maximum atomic E-state index is 14.6. The lowest BCUT2D eigenvalue weighted by Crippen LogP contribution is -2.31. The van der Waals surface area contributed by atoms with E-state index in [0.717, 1.165) is 16.2 Å². The Morgan fingerprint density at radius 2 is 2.07 bits per heavy atom. The summed E-state index contributed by atoms with van der Waals surface area (Å²) < 4.78 is 20.3. The average Bonchev–Trinajstić information content (AvgIpc) is 3.43. The number of nitrogens with zero attached hydrogens (tertiary/aromatic N) is 3. The van der Waals surface area contributed by atoms with Crippen molar-refractivity contribution < 1.29 is 23.5 Å². The first kappa shape index (κ1) is 18.4. The number of halogens is 1. The number of anilines is 1. The summed E-state index contributed by atoms with van der Waals surface area (Å²) in [6, 6.07) is 7.46. The van der Waals surface area contributed by atoms with Crippen LogP contribution in [0.25, 0.3) is 0 Å². The summed E-state index contributed by atoms with van der Waals surface area (Å²) in [5, 5.41) is 18.6. The van der Waals surface area contributed by atoms with Gasteiger partial charge >= 0.3 is 0 Å². The summed E-state index contributed by atoms with van der Waals surface area (Å²) in [7, 11) is 0. The van der Waals surface area contributed by atoms with E-state index in [2.05, 4.69) is 10.2 Å². The number of hydrogen-bond donors (Lipinski definition) is 1. The number of aliphatic hydroxyl groups is 1. The number of benzene rings is 1. The third-order valence-corrected chi connectivity index (χ3v) is 6.07. The molecule has 0 aliphatic carbocycles. The minimum Gasteiger partial charge on any atom is -0.503 e. The quantitative estimate of drug-likeness (QED) is 0.383. The third kappa shape index (κ3) is 2.90. The van der Waals surface area contributed by atoms with Crippen molar-refractivity contribution in [1.29, 1.82) is 0 Å². The minimum absolute atomic E-state index is 0.0516. The normalized spacial score (nSPS) is 16.9. The molecule has 142 valence electrons. The molecule has 2 aromatic heterocycles. The van der Waals surface area contributed by atoms with E-state index in [-0.39, 0.29) is 22.0 Å². The van der Waals surface area contributed by atoms with Gasteiger partial charge in [-0.1, -0.05) is 41.3 Å². The molecule has 1 N–H and O–H groups in total. The van der Waals surface area contributed by atoms with Crippen LogP contribution in [0.2, 0.25) is 0 Å². The van der Waals surface area contributed by atoms with E-state index in [1.54, 1.807) is 12.3 Å². The number of carbonyl (C=O) groups is 2. The SMILES string of the molecule is CSc1nnc(N2C(=O)C(O)=C(C(=O)c3ccco3)C2c2ccccc2F)s1. The predicted molar refractivity (Wildman–Crippen MR) is 101 cm³/mol. The molecule has 0 bridgehead atoms. The first-order chi connectivity index (χ1) is 13.5. The van der Waals surface area contributed by atoms with E-state index < -0.39 is 29.3 Å². The molecular formula is C18H12FN3O4S2. The molecule has 1 unspecified atom stereocenters. The molecule has 1 amide bonds. The van der Waals surface area contributed by atoms with Crippen LogP contribution in [0, 0.1) is 5.82 Å². The third-order valence-electron chi connectivity index (χ3n) is 4.17. The molecule has 0 saturated carbocycles. The summed E-state index contributed by atoms with van der Waals surface area (Å²) >= 11 is 2.43. The molecule has 10 heteroatoms. The van der Waals surface area contributed by atoms with Crippen molar-refractivity contribution in [2.24, 2.45) is 0 Å². The molecule has 1 aromatic carbocycles. The van der Waals surface area contributed by atoms with E-state index in [1.165, 1.54) is 48.4 Å². The topological polar surface area (TPSA) is 96.5 Å². The van der Waals surface area contributed by atoms with Crippen molar-refractivity contribution in [3.05, 3.63) is 71.1 Å². The highest BCUT2D eigenvalue weighted by Gasteiger charge is 2.47. The fourth-order valence-electron chi connectivity index (χ4n) is 2.95. The molecule has 1 atom stereocenters. The van der Waals surface area contributed by atoms with E-state index in [0.29, 0.717) is 4.34 Å². The zero-order valence-electron chi connectivity index (χ0n) is 14.3. The number of amides is 1. The number of thioether (sulfide) groups is 1. The summed E-state index contributed by atoms with van der Waals surface area (Å²) in [6.07, 6.45) is 3.10. The lowest BCUT2D eigenvalue weighted by molar-refractivity contribution is -0.117. The van der Waals surface area contributed by atoms with Crippen LogP contribution in [0.3, 0.4) is 0 Å². The maximum absolute atomic E-state index is 14.6. The van der Waals surface area contributed by atoms with Crippen LogP contribution in [0.1, 0.15) is 22.2 Å². The molecule has 0 radical (unpaired) electrons. The molecule has 0 spiro atoms. The Bertz CT molecular complexity index is 1090. The van der Waals surface area contributed by atoms with Crippen molar-refractivity contribution in [2.45, 2.75) is 10.4 Å². The van der Waals surface area contributed by atoms with Gasteiger partial charge in [-0.2, -0.15) is 0 Å². The van der Waals surface area contributed by atoms with Gasteiger partial charge in [-0.05, 0) is 24.5 Å². The number of Topliss-reactive ketones (excluding diaryl/α,β-unsaturated/α-hetero) is 1. The molecule has 3 aromatic rings. The van der Waals surface area contributed by atoms with E-state index in [4.69, 9.17) is 4.42 Å². The lowest BCUT2D eigenvalue weighted by atomic mass is 9.95. The number of rotatable bonds is 5. The monoisotopic (exact) mass is 417 g/mol. The summed E-state index contributed by atoms with van der Waals surface area (Å²) in [5.74, 6) is -3.03. The van der Waals surface area contributed by atoms with Crippen LogP contribution in [-0.2, 0) is 4.79 Å². The Balaban J connectivity index is 1.89. The number of hydrogen-bond acceptors (Lipinski definition) is 8. The van der Waals surface area contributed by atoms with Crippen molar-refractivity contribution in [3.63, 3.8) is 0 Å². The van der Waals surface area contributed by atoms with E-state index in [9.17, 15) is 19.1 Å². The van der Waals surface area contributed by atoms with Crippen LogP contribution in [0.15, 0.2) is 62.8 Å². The highest BCUT2D eigenvalue weighted by molar-refractivity contribution is 8.00. The van der Waals surface area contributed by atoms with E-state index in [1.807, 2.05) is 0 Å². The molecule has 28 heavy (non-hydrogen) atoms. The minimum atomic E-state index is -1.20. The standard InChI is InChI=1S/C18H12FN3O4S2/c1-27-18-21-20-17(28-18)22-13(9-5-2-3-6-10(9)19)12(15(24)16(22)25)14(23)11-7-4-8-26-11/h2-8,13,24H,1H3. The fourth-order valence-corrected chi connectivity index (χ4v) is 4.23. The zero-order chi connectivity index (χ0) is 19.8. The van der Waals surface area contributed by atoms with Crippen LogP contribution < -0.4 is 4.90 Å². The van der Waals surface area contributed by atoms with Gasteiger partial charge < -0.3 is 9.52 Å². The van der Waals surface area contributed by atoms with Crippen LogP contribution in [0.4, 0.5) is 9.52 Å². The zero-order valence-corrected chi connectivity index (χ0v) is 16.0. The number of carbonyl (C=O) groups excluding carboxylic acids is 2. The van der Waals surface area contributed by atoms with E-state index >= 15 is 0 Å². The number of aromatic nitrogens is 2. The second-order valence-electron chi connectivity index (χ2n) is 5.72. The van der Waals surface area contributed by atoms with Crippen LogP contribution >= 0.6 is 23.1 Å². The van der Waals surface area contributed by atoms with Crippen LogP contribution in [-0.4, -0.2) is 33.3 Å². The molecule has 7 nitrogen and oxygen atoms in total. The Hall–Kier alpha value is -2.98. The number of aliphatic hydroxyl groups excluding tert-OH is 1. The van der Waals surface area contributed by atoms with Gasteiger partial charge in [0.1, 0.15) is 11.9 Å². The summed E-state index contributed by atoms with van der Waals surface area (Å²) in [6.45, 7) is 0. The van der Waals surface area contributed by atoms with Gasteiger partial charge in [0.15, 0.2) is 15.9 Å². The van der Waals surface area contributed by atoms with Crippen molar-refractivity contribution >= 4 is 39.9 Å². The predicted octanol–water partition coefficient (Wildman–Crippen LogP) is 3.78. The largest absolute Gasteiger partial charge is 0.503 e. The maximum Gasteiger partial charge on any atom is 0.296 e. The van der Waals surface area contributed by atoms with Gasteiger partial charge in [0.05, 0.1) is 11.8 Å². The Labute approximate surface area is 166 Å². The van der Waals surface area contributed by atoms with Gasteiger partial charge in [0.2, 0.25) is 10.9 Å². The van der Waals surface area contributed by atoms with Gasteiger partial charge in [-0.15, -0.1) is 10.2 Å². The number of ketones is 1. The Morgan fingerprint density at radius 1 is 1.29 bits per heavy atom. The second kappa shape index (κ2) is 7.21. The highest BCUT2D eigenvalue weighted by Crippen LogP contribution is 2.44. The molecule has 0 saturated heterocycles. The molecule has 3 heterocycles. The summed E-state index contributed by atoms with van der Waals surface area (Å²) in [4.78, 5) is 26.9. The van der Waals surface area contributed by atoms with Gasteiger partial charge in [0.25, 0.3) is 5.91 Å². The highest BCUT2D eigenvalue weighted by atomic mass is 32.2. The average molecular weight is 417 g/mol. The molecular weight excluding hydrogens is 405 g/mol. The van der Waals surface area contributed by atoms with Crippen molar-refractivity contribution in [1.82, 2.24) is 10.2 Å². The molecule has 0 fully saturated rings. The fraction of sp³-hybridized carbons (Fsp3) is 0.111. The molecule has 1 aliphatic rings.